The van der Waals surface area contributed by atoms with E-state index in [1.54, 1.807) is 36.4 Å². The zero-order chi connectivity index (χ0) is 28.1. The largest absolute Gasteiger partial charge is 0.508 e. The maximum atomic E-state index is 13.2. The van der Waals surface area contributed by atoms with E-state index in [0.717, 1.165) is 11.1 Å². The number of phenolic OH excluding ortho intramolecular Hbond substituents is 1. The van der Waals surface area contributed by atoms with E-state index in [4.69, 9.17) is 5.73 Å². The van der Waals surface area contributed by atoms with Crippen LogP contribution in [0.2, 0.25) is 0 Å². The average molecular weight is 563 g/mol. The molecular formula is C26H34N4O6S2. The molecule has 0 aliphatic rings. The zero-order valence-corrected chi connectivity index (χ0v) is 22.7. The monoisotopic (exact) mass is 562 g/mol. The van der Waals surface area contributed by atoms with Crippen LogP contribution in [0.4, 0.5) is 0 Å². The van der Waals surface area contributed by atoms with Crippen molar-refractivity contribution in [2.24, 2.45) is 5.73 Å². The summed E-state index contributed by atoms with van der Waals surface area (Å²) in [6.07, 6.45) is 2.37. The normalized spacial score (nSPS) is 14.0. The van der Waals surface area contributed by atoms with Crippen molar-refractivity contribution in [2.75, 3.05) is 17.8 Å². The van der Waals surface area contributed by atoms with Gasteiger partial charge in [-0.15, -0.1) is 0 Å². The van der Waals surface area contributed by atoms with Gasteiger partial charge in [0.1, 0.15) is 23.9 Å². The van der Waals surface area contributed by atoms with Crippen LogP contribution in [0.25, 0.3) is 0 Å². The van der Waals surface area contributed by atoms with Crippen LogP contribution in [-0.2, 0) is 32.0 Å². The number of aromatic hydroxyl groups is 1. The van der Waals surface area contributed by atoms with Crippen molar-refractivity contribution in [2.45, 2.75) is 43.4 Å². The smallest absolute Gasteiger partial charge is 0.326 e. The standard InChI is InChI=1S/C26H34N4O6S2/c1-38-12-11-20(26(35)36)28-25(34)22(15-37)30-24(33)21(14-16-5-3-2-4-6-16)29-23(32)19(27)13-17-7-9-18(31)10-8-17/h2-10,19-22,31,37H,11-15,27H2,1H3,(H,28,34)(H,29,32)(H,30,33)(H,35,36). The SMILES string of the molecule is CSCCC(NC(=O)C(CS)NC(=O)C(Cc1ccccc1)NC(=O)C(N)Cc1ccc(O)cc1)C(=O)O. The van der Waals surface area contributed by atoms with Gasteiger partial charge < -0.3 is 31.9 Å². The first-order valence-electron chi connectivity index (χ1n) is 12.0. The van der Waals surface area contributed by atoms with Crippen molar-refractivity contribution in [1.82, 2.24) is 16.0 Å². The first-order chi connectivity index (χ1) is 18.1. The Bertz CT molecular complexity index is 1070. The minimum absolute atomic E-state index is 0.0845. The Morgan fingerprint density at radius 3 is 1.97 bits per heavy atom. The molecule has 3 amide bonds. The number of benzene rings is 2. The summed E-state index contributed by atoms with van der Waals surface area (Å²) in [6, 6.07) is 11.0. The summed E-state index contributed by atoms with van der Waals surface area (Å²) in [7, 11) is 0. The Morgan fingerprint density at radius 2 is 1.39 bits per heavy atom. The Hall–Kier alpha value is -3.22. The van der Waals surface area contributed by atoms with E-state index in [9.17, 15) is 29.4 Å². The van der Waals surface area contributed by atoms with Gasteiger partial charge in [0.05, 0.1) is 6.04 Å². The van der Waals surface area contributed by atoms with Gasteiger partial charge >= 0.3 is 5.97 Å². The number of thiol groups is 1. The molecule has 0 spiro atoms. The molecule has 4 atom stereocenters. The van der Waals surface area contributed by atoms with Crippen molar-refractivity contribution >= 4 is 48.1 Å². The number of carbonyl (C=O) groups excluding carboxylic acids is 3. The second-order valence-corrected chi connectivity index (χ2v) is 10.0. The molecule has 7 N–H and O–H groups in total. The summed E-state index contributed by atoms with van der Waals surface area (Å²) in [5, 5.41) is 26.5. The van der Waals surface area contributed by atoms with Gasteiger partial charge in [0, 0.05) is 12.2 Å². The number of hydrogen-bond acceptors (Lipinski definition) is 8. The van der Waals surface area contributed by atoms with Gasteiger partial charge in [0.15, 0.2) is 0 Å². The minimum atomic E-state index is -1.17. The van der Waals surface area contributed by atoms with Gasteiger partial charge in [0.25, 0.3) is 0 Å². The third-order valence-electron chi connectivity index (χ3n) is 5.69. The summed E-state index contributed by atoms with van der Waals surface area (Å²) < 4.78 is 0. The van der Waals surface area contributed by atoms with Crippen LogP contribution >= 0.6 is 24.4 Å². The predicted octanol–water partition coefficient (Wildman–Crippen LogP) is 0.727. The van der Waals surface area contributed by atoms with E-state index in [-0.39, 0.29) is 30.8 Å². The highest BCUT2D eigenvalue weighted by atomic mass is 32.2. The van der Waals surface area contributed by atoms with E-state index in [1.807, 2.05) is 12.3 Å². The zero-order valence-electron chi connectivity index (χ0n) is 21.0. The highest BCUT2D eigenvalue weighted by Gasteiger charge is 2.30. The number of amides is 3. The highest BCUT2D eigenvalue weighted by Crippen LogP contribution is 2.11. The lowest BCUT2D eigenvalue weighted by Gasteiger charge is -2.24. The summed E-state index contributed by atoms with van der Waals surface area (Å²) in [5.41, 5.74) is 7.59. The minimum Gasteiger partial charge on any atom is -0.508 e. The molecule has 0 saturated carbocycles. The Morgan fingerprint density at radius 1 is 0.842 bits per heavy atom. The molecule has 0 radical (unpaired) electrons. The van der Waals surface area contributed by atoms with Crippen molar-refractivity contribution in [3.05, 3.63) is 65.7 Å². The number of nitrogens with one attached hydrogen (secondary N) is 3. The Balaban J connectivity index is 2.12. The molecule has 4 unspecified atom stereocenters. The van der Waals surface area contributed by atoms with Gasteiger partial charge in [0.2, 0.25) is 17.7 Å². The van der Waals surface area contributed by atoms with Crippen LogP contribution in [0.15, 0.2) is 54.6 Å². The molecule has 0 saturated heterocycles. The lowest BCUT2D eigenvalue weighted by atomic mass is 10.0. The molecule has 206 valence electrons. The fraction of sp³-hybridized carbons (Fsp3) is 0.385. The fourth-order valence-corrected chi connectivity index (χ4v) is 4.28. The van der Waals surface area contributed by atoms with Crippen molar-refractivity contribution in [1.29, 1.82) is 0 Å². The number of hydrogen-bond donors (Lipinski definition) is 7. The molecule has 38 heavy (non-hydrogen) atoms. The summed E-state index contributed by atoms with van der Waals surface area (Å²) in [4.78, 5) is 50.4. The van der Waals surface area contributed by atoms with E-state index >= 15 is 0 Å². The first kappa shape index (κ1) is 31.0. The lowest BCUT2D eigenvalue weighted by molar-refractivity contribution is -0.142. The van der Waals surface area contributed by atoms with Crippen molar-refractivity contribution in [3.8, 4) is 5.75 Å². The van der Waals surface area contributed by atoms with E-state index in [2.05, 4.69) is 28.6 Å². The third-order valence-corrected chi connectivity index (χ3v) is 6.69. The van der Waals surface area contributed by atoms with Crippen LogP contribution in [0, 0.1) is 0 Å². The van der Waals surface area contributed by atoms with Crippen LogP contribution in [0.3, 0.4) is 0 Å². The highest BCUT2D eigenvalue weighted by molar-refractivity contribution is 7.98. The number of aliphatic carboxylic acids is 1. The summed E-state index contributed by atoms with van der Waals surface area (Å²) in [5.74, 6) is -2.52. The topological polar surface area (TPSA) is 171 Å². The second kappa shape index (κ2) is 15.9. The van der Waals surface area contributed by atoms with E-state index in [0.29, 0.717) is 5.75 Å². The van der Waals surface area contributed by atoms with Crippen LogP contribution in [0.5, 0.6) is 5.75 Å². The molecular weight excluding hydrogens is 528 g/mol. The molecule has 0 aliphatic carbocycles. The van der Waals surface area contributed by atoms with Crippen LogP contribution < -0.4 is 21.7 Å². The molecule has 0 heterocycles. The molecule has 0 aromatic heterocycles. The predicted molar refractivity (Wildman–Crippen MR) is 150 cm³/mol. The number of rotatable bonds is 15. The average Bonchev–Trinajstić information content (AvgIpc) is 2.90. The van der Waals surface area contributed by atoms with Crippen molar-refractivity contribution in [3.63, 3.8) is 0 Å². The van der Waals surface area contributed by atoms with Gasteiger partial charge in [-0.05, 0) is 48.1 Å². The third kappa shape index (κ3) is 10.3. The molecule has 10 nitrogen and oxygen atoms in total. The summed E-state index contributed by atoms with van der Waals surface area (Å²) in [6.45, 7) is 0. The van der Waals surface area contributed by atoms with E-state index < -0.39 is 47.9 Å². The molecule has 2 rings (SSSR count). The van der Waals surface area contributed by atoms with Crippen molar-refractivity contribution < 1.29 is 29.4 Å². The van der Waals surface area contributed by atoms with Crippen LogP contribution in [-0.4, -0.2) is 75.8 Å². The molecule has 2 aromatic rings. The Labute approximate surface area is 231 Å². The maximum absolute atomic E-state index is 13.2. The summed E-state index contributed by atoms with van der Waals surface area (Å²) >= 11 is 5.61. The maximum Gasteiger partial charge on any atom is 0.326 e. The number of phenols is 1. The van der Waals surface area contributed by atoms with E-state index in [1.165, 1.54) is 23.9 Å². The van der Waals surface area contributed by atoms with Gasteiger partial charge in [-0.1, -0.05) is 42.5 Å². The molecule has 2 aromatic carbocycles. The Kier molecular flexibility index (Phi) is 13.0. The van der Waals surface area contributed by atoms with Gasteiger partial charge in [-0.25, -0.2) is 4.79 Å². The molecule has 0 bridgehead atoms. The first-order valence-corrected chi connectivity index (χ1v) is 14.0. The molecule has 0 fully saturated rings. The second-order valence-electron chi connectivity index (χ2n) is 8.65. The number of thioether (sulfide) groups is 1. The fourth-order valence-electron chi connectivity index (χ4n) is 3.55. The van der Waals surface area contributed by atoms with Gasteiger partial charge in [-0.3, -0.25) is 14.4 Å². The quantitative estimate of drug-likeness (QED) is 0.156. The number of carbonyl (C=O) groups is 4. The lowest BCUT2D eigenvalue weighted by Crippen LogP contribution is -2.58. The molecule has 0 aliphatic heterocycles. The van der Waals surface area contributed by atoms with Crippen LogP contribution in [0.1, 0.15) is 17.5 Å². The molecule has 12 heteroatoms. The number of carboxylic acid groups (broad SMARTS) is 1. The number of carboxylic acids is 1. The number of nitrogens with two attached hydrogens (primary N) is 1. The van der Waals surface area contributed by atoms with Gasteiger partial charge in [-0.2, -0.15) is 24.4 Å².